The molecule has 2 aromatic heterocycles. The van der Waals surface area contributed by atoms with Crippen molar-refractivity contribution >= 4 is 17.5 Å². The second kappa shape index (κ2) is 5.38. The highest BCUT2D eigenvalue weighted by Crippen LogP contribution is 2.30. The summed E-state index contributed by atoms with van der Waals surface area (Å²) >= 11 is 6.17. The van der Waals surface area contributed by atoms with Gasteiger partial charge in [0.15, 0.2) is 0 Å². The zero-order valence-electron chi connectivity index (χ0n) is 11.3. The zero-order valence-corrected chi connectivity index (χ0v) is 12.1. The molecule has 3 N–H and O–H groups in total. The third kappa shape index (κ3) is 2.36. The maximum absolute atomic E-state index is 6.17. The maximum Gasteiger partial charge on any atom is 0.220 e. The molecule has 1 fully saturated rings. The minimum Gasteiger partial charge on any atom is -0.368 e. The van der Waals surface area contributed by atoms with Crippen LogP contribution in [0.15, 0.2) is 12.4 Å². The highest BCUT2D eigenvalue weighted by Gasteiger charge is 2.22. The highest BCUT2D eigenvalue weighted by atomic mass is 35.5. The molecule has 0 unspecified atom stereocenters. The van der Waals surface area contributed by atoms with Crippen LogP contribution in [0.3, 0.4) is 0 Å². The SMILES string of the molecule is Cn1c(-c2nc(N)ncc2Cl)cnc1C1CCNCC1. The van der Waals surface area contributed by atoms with Crippen LogP contribution < -0.4 is 11.1 Å². The molecule has 0 aliphatic carbocycles. The number of rotatable bonds is 2. The van der Waals surface area contributed by atoms with Crippen LogP contribution in [-0.2, 0) is 7.05 Å². The average Bonchev–Trinajstić information content (AvgIpc) is 2.84. The summed E-state index contributed by atoms with van der Waals surface area (Å²) in [5.41, 5.74) is 7.15. The topological polar surface area (TPSA) is 81.7 Å². The molecule has 0 bridgehead atoms. The lowest BCUT2D eigenvalue weighted by Gasteiger charge is -2.22. The third-order valence-electron chi connectivity index (χ3n) is 3.73. The van der Waals surface area contributed by atoms with E-state index in [1.807, 2.05) is 13.2 Å². The molecule has 1 aliphatic rings. The van der Waals surface area contributed by atoms with Gasteiger partial charge in [0.05, 0.1) is 23.1 Å². The minimum atomic E-state index is 0.217. The summed E-state index contributed by atoms with van der Waals surface area (Å²) in [5, 5.41) is 3.85. The molecule has 20 heavy (non-hydrogen) atoms. The van der Waals surface area contributed by atoms with Crippen LogP contribution in [0.2, 0.25) is 5.02 Å². The summed E-state index contributed by atoms with van der Waals surface area (Å²) < 4.78 is 2.06. The van der Waals surface area contributed by atoms with Gasteiger partial charge in [0.1, 0.15) is 11.5 Å². The Labute approximate surface area is 122 Å². The summed E-state index contributed by atoms with van der Waals surface area (Å²) in [6.45, 7) is 2.07. The molecule has 1 saturated heterocycles. The van der Waals surface area contributed by atoms with Crippen molar-refractivity contribution in [3.8, 4) is 11.4 Å². The normalized spacial score (nSPS) is 16.5. The number of piperidine rings is 1. The number of nitrogens with two attached hydrogens (primary N) is 1. The van der Waals surface area contributed by atoms with Gasteiger partial charge in [0, 0.05) is 13.0 Å². The first-order valence-electron chi connectivity index (χ1n) is 6.67. The van der Waals surface area contributed by atoms with Crippen molar-refractivity contribution in [1.82, 2.24) is 24.8 Å². The molecule has 0 saturated carbocycles. The van der Waals surface area contributed by atoms with Crippen molar-refractivity contribution in [2.24, 2.45) is 7.05 Å². The van der Waals surface area contributed by atoms with Crippen LogP contribution in [0.5, 0.6) is 0 Å². The van der Waals surface area contributed by atoms with Crippen LogP contribution in [0.25, 0.3) is 11.4 Å². The Morgan fingerprint density at radius 2 is 2.05 bits per heavy atom. The van der Waals surface area contributed by atoms with Crippen LogP contribution in [0.1, 0.15) is 24.6 Å². The smallest absolute Gasteiger partial charge is 0.220 e. The van der Waals surface area contributed by atoms with Gasteiger partial charge in [-0.3, -0.25) is 0 Å². The fourth-order valence-electron chi connectivity index (χ4n) is 2.66. The van der Waals surface area contributed by atoms with Crippen LogP contribution in [0, 0.1) is 0 Å². The van der Waals surface area contributed by atoms with E-state index >= 15 is 0 Å². The largest absolute Gasteiger partial charge is 0.368 e. The number of hydrogen-bond acceptors (Lipinski definition) is 5. The first-order valence-corrected chi connectivity index (χ1v) is 7.05. The standard InChI is InChI=1S/C13H17ClN6/c1-20-10(11-9(14)6-18-13(15)19-11)7-17-12(20)8-2-4-16-5-3-8/h6-8,16H,2-5H2,1H3,(H2,15,18,19). The average molecular weight is 293 g/mol. The zero-order chi connectivity index (χ0) is 14.1. The molecule has 1 aliphatic heterocycles. The Balaban J connectivity index is 1.99. The fraction of sp³-hybridized carbons (Fsp3) is 0.462. The van der Waals surface area contributed by atoms with E-state index in [0.29, 0.717) is 16.6 Å². The molecule has 2 aromatic rings. The van der Waals surface area contributed by atoms with Crippen LogP contribution in [0.4, 0.5) is 5.95 Å². The molecule has 3 heterocycles. The van der Waals surface area contributed by atoms with Gasteiger partial charge in [-0.15, -0.1) is 0 Å². The molecular weight excluding hydrogens is 276 g/mol. The van der Waals surface area contributed by atoms with E-state index in [0.717, 1.165) is 37.4 Å². The number of hydrogen-bond donors (Lipinski definition) is 2. The maximum atomic E-state index is 6.17. The highest BCUT2D eigenvalue weighted by molar-refractivity contribution is 6.32. The molecule has 0 amide bonds. The Hall–Kier alpha value is -1.66. The van der Waals surface area contributed by atoms with Crippen LogP contribution >= 0.6 is 11.6 Å². The van der Waals surface area contributed by atoms with Crippen molar-refractivity contribution in [1.29, 1.82) is 0 Å². The molecule has 0 atom stereocenters. The fourth-order valence-corrected chi connectivity index (χ4v) is 2.85. The first kappa shape index (κ1) is 13.3. The summed E-state index contributed by atoms with van der Waals surface area (Å²) in [6, 6.07) is 0. The Morgan fingerprint density at radius 3 is 2.80 bits per heavy atom. The van der Waals surface area contributed by atoms with E-state index in [1.54, 1.807) is 0 Å². The second-order valence-electron chi connectivity index (χ2n) is 5.01. The number of nitrogens with zero attached hydrogens (tertiary/aromatic N) is 4. The number of nitrogen functional groups attached to an aromatic ring is 1. The van der Waals surface area contributed by atoms with E-state index in [-0.39, 0.29) is 5.95 Å². The van der Waals surface area contributed by atoms with Crippen molar-refractivity contribution in [3.63, 3.8) is 0 Å². The minimum absolute atomic E-state index is 0.217. The Morgan fingerprint density at radius 1 is 1.30 bits per heavy atom. The van der Waals surface area contributed by atoms with E-state index in [2.05, 4.69) is 24.8 Å². The monoisotopic (exact) mass is 292 g/mol. The van der Waals surface area contributed by atoms with Crippen molar-refractivity contribution in [2.45, 2.75) is 18.8 Å². The van der Waals surface area contributed by atoms with Gasteiger partial charge in [-0.2, -0.15) is 0 Å². The summed E-state index contributed by atoms with van der Waals surface area (Å²) in [5.74, 6) is 1.77. The molecule has 3 rings (SSSR count). The van der Waals surface area contributed by atoms with Gasteiger partial charge in [-0.25, -0.2) is 15.0 Å². The predicted molar refractivity (Wildman–Crippen MR) is 78.5 cm³/mol. The van der Waals surface area contributed by atoms with Crippen molar-refractivity contribution in [2.75, 3.05) is 18.8 Å². The quantitative estimate of drug-likeness (QED) is 0.878. The summed E-state index contributed by atoms with van der Waals surface area (Å²) in [7, 11) is 1.99. The molecule has 6 nitrogen and oxygen atoms in total. The van der Waals surface area contributed by atoms with Gasteiger partial charge in [0.2, 0.25) is 5.95 Å². The number of halogens is 1. The van der Waals surface area contributed by atoms with Crippen LogP contribution in [-0.4, -0.2) is 32.6 Å². The second-order valence-corrected chi connectivity index (χ2v) is 5.42. The van der Waals surface area contributed by atoms with E-state index in [4.69, 9.17) is 17.3 Å². The van der Waals surface area contributed by atoms with Gasteiger partial charge in [-0.05, 0) is 25.9 Å². The molecule has 0 radical (unpaired) electrons. The number of aromatic nitrogens is 4. The molecule has 0 spiro atoms. The van der Waals surface area contributed by atoms with E-state index < -0.39 is 0 Å². The predicted octanol–water partition coefficient (Wildman–Crippen LogP) is 1.58. The van der Waals surface area contributed by atoms with Gasteiger partial charge in [-0.1, -0.05) is 11.6 Å². The third-order valence-corrected chi connectivity index (χ3v) is 4.01. The van der Waals surface area contributed by atoms with Gasteiger partial charge in [0.25, 0.3) is 0 Å². The Kier molecular flexibility index (Phi) is 3.58. The first-order chi connectivity index (χ1) is 9.66. The lowest BCUT2D eigenvalue weighted by Crippen LogP contribution is -2.27. The van der Waals surface area contributed by atoms with E-state index in [9.17, 15) is 0 Å². The molecular formula is C13H17ClN6. The molecule has 7 heteroatoms. The summed E-state index contributed by atoms with van der Waals surface area (Å²) in [4.78, 5) is 12.7. The lowest BCUT2D eigenvalue weighted by molar-refractivity contribution is 0.437. The van der Waals surface area contributed by atoms with Gasteiger partial charge >= 0.3 is 0 Å². The van der Waals surface area contributed by atoms with Crippen molar-refractivity contribution in [3.05, 3.63) is 23.2 Å². The summed E-state index contributed by atoms with van der Waals surface area (Å²) in [6.07, 6.45) is 5.54. The lowest BCUT2D eigenvalue weighted by atomic mass is 9.97. The van der Waals surface area contributed by atoms with Gasteiger partial charge < -0.3 is 15.6 Å². The number of imidazole rings is 1. The number of anilines is 1. The molecule has 0 aromatic carbocycles. The Bertz CT molecular complexity index is 617. The number of nitrogens with one attached hydrogen (secondary N) is 1. The van der Waals surface area contributed by atoms with E-state index in [1.165, 1.54) is 6.20 Å². The molecule has 106 valence electrons. The van der Waals surface area contributed by atoms with Crippen molar-refractivity contribution < 1.29 is 0 Å².